The summed E-state index contributed by atoms with van der Waals surface area (Å²) in [5.74, 6) is 1.52. The molecule has 2 aliphatic rings. The molecule has 2 N–H and O–H groups in total. The average molecular weight is 350 g/mol. The van der Waals surface area contributed by atoms with Crippen LogP contribution in [0.1, 0.15) is 30.9 Å². The van der Waals surface area contributed by atoms with Gasteiger partial charge in [0, 0.05) is 17.7 Å². The molecule has 0 fully saturated rings. The molecule has 4 rings (SSSR count). The molecule has 0 radical (unpaired) electrons. The van der Waals surface area contributed by atoms with Gasteiger partial charge in [0.2, 0.25) is 0 Å². The van der Waals surface area contributed by atoms with Gasteiger partial charge in [-0.25, -0.2) is 0 Å². The Kier molecular flexibility index (Phi) is 4.29. The van der Waals surface area contributed by atoms with Crippen LogP contribution in [0, 0.1) is 0 Å². The number of hydrogen-bond donors (Lipinski definition) is 2. The summed E-state index contributed by atoms with van der Waals surface area (Å²) in [6.45, 7) is 0. The third-order valence-electron chi connectivity index (χ3n) is 5.00. The van der Waals surface area contributed by atoms with Crippen molar-refractivity contribution >= 4 is 17.2 Å². The first-order valence-corrected chi connectivity index (χ1v) is 8.82. The molecule has 1 atom stereocenters. The quantitative estimate of drug-likeness (QED) is 0.865. The number of rotatable bonds is 3. The number of hydrogen-bond acceptors (Lipinski definition) is 5. The Bertz CT molecular complexity index is 889. The van der Waals surface area contributed by atoms with E-state index in [1.165, 1.54) is 0 Å². The summed E-state index contributed by atoms with van der Waals surface area (Å²) in [6, 6.07) is 13.6. The number of fused-ring (bicyclic) bond motifs is 1. The van der Waals surface area contributed by atoms with Crippen LogP contribution in [0.3, 0.4) is 0 Å². The lowest BCUT2D eigenvalue weighted by Gasteiger charge is -2.26. The second kappa shape index (κ2) is 6.75. The monoisotopic (exact) mass is 350 g/mol. The molecule has 1 aliphatic carbocycles. The molecule has 134 valence electrons. The maximum absolute atomic E-state index is 12.8. The van der Waals surface area contributed by atoms with Crippen LogP contribution in [0.15, 0.2) is 53.7 Å². The Balaban J connectivity index is 1.86. The summed E-state index contributed by atoms with van der Waals surface area (Å²) < 4.78 is 10.8. The van der Waals surface area contributed by atoms with E-state index in [9.17, 15) is 4.79 Å². The molecule has 0 unspecified atom stereocenters. The third kappa shape index (κ3) is 2.79. The number of ketones is 1. The van der Waals surface area contributed by atoms with Gasteiger partial charge in [0.05, 0.1) is 31.6 Å². The van der Waals surface area contributed by atoms with Gasteiger partial charge < -0.3 is 20.1 Å². The number of benzene rings is 2. The Hall–Kier alpha value is -2.95. The van der Waals surface area contributed by atoms with Crippen LogP contribution < -0.4 is 20.1 Å². The zero-order valence-corrected chi connectivity index (χ0v) is 15.0. The second-order valence-electron chi connectivity index (χ2n) is 6.53. The van der Waals surface area contributed by atoms with Crippen LogP contribution in [0.5, 0.6) is 11.5 Å². The van der Waals surface area contributed by atoms with E-state index in [0.717, 1.165) is 41.1 Å². The largest absolute Gasteiger partial charge is 0.493 e. The number of carbonyl (C=O) groups is 1. The Morgan fingerprint density at radius 3 is 2.50 bits per heavy atom. The Morgan fingerprint density at radius 2 is 1.73 bits per heavy atom. The van der Waals surface area contributed by atoms with Crippen LogP contribution in [-0.2, 0) is 4.79 Å². The normalized spacial score (nSPS) is 18.8. The zero-order valence-electron chi connectivity index (χ0n) is 15.0. The van der Waals surface area contributed by atoms with E-state index >= 15 is 0 Å². The predicted octanol–water partition coefficient (Wildman–Crippen LogP) is 4.29. The summed E-state index contributed by atoms with van der Waals surface area (Å²) in [5.41, 5.74) is 4.79. The van der Waals surface area contributed by atoms with Crippen molar-refractivity contribution in [1.29, 1.82) is 0 Å². The van der Waals surface area contributed by atoms with E-state index in [2.05, 4.69) is 10.6 Å². The molecule has 2 aromatic rings. The molecular weight excluding hydrogens is 328 g/mol. The maximum Gasteiger partial charge on any atom is 0.163 e. The highest BCUT2D eigenvalue weighted by atomic mass is 16.5. The molecule has 0 saturated carbocycles. The zero-order chi connectivity index (χ0) is 18.1. The molecule has 1 aliphatic heterocycles. The topological polar surface area (TPSA) is 59.6 Å². The second-order valence-corrected chi connectivity index (χ2v) is 6.53. The average Bonchev–Trinajstić information content (AvgIpc) is 2.84. The lowest BCUT2D eigenvalue weighted by molar-refractivity contribution is -0.116. The fraction of sp³-hybridized carbons (Fsp3) is 0.286. The molecule has 0 saturated heterocycles. The molecule has 0 amide bonds. The van der Waals surface area contributed by atoms with Gasteiger partial charge >= 0.3 is 0 Å². The van der Waals surface area contributed by atoms with E-state index < -0.39 is 0 Å². The van der Waals surface area contributed by atoms with Gasteiger partial charge in [-0.2, -0.15) is 0 Å². The van der Waals surface area contributed by atoms with Crippen molar-refractivity contribution in [2.75, 3.05) is 24.9 Å². The smallest absolute Gasteiger partial charge is 0.163 e. The van der Waals surface area contributed by atoms with E-state index in [0.29, 0.717) is 17.9 Å². The number of methoxy groups -OCH3 is 2. The Morgan fingerprint density at radius 1 is 0.962 bits per heavy atom. The molecule has 0 spiro atoms. The van der Waals surface area contributed by atoms with Gasteiger partial charge in [0.25, 0.3) is 0 Å². The van der Waals surface area contributed by atoms with Crippen molar-refractivity contribution in [3.05, 3.63) is 59.3 Å². The number of Topliss-reactive ketones (excluding diaryl/α,β-unsaturated/α-hetero) is 1. The van der Waals surface area contributed by atoms with E-state index in [4.69, 9.17) is 9.47 Å². The molecule has 5 nitrogen and oxygen atoms in total. The van der Waals surface area contributed by atoms with Crippen molar-refractivity contribution in [1.82, 2.24) is 0 Å². The number of anilines is 2. The highest BCUT2D eigenvalue weighted by molar-refractivity contribution is 6.00. The SMILES string of the molecule is COc1ccc([C@@H]2Nc3ccccc3NC3=C2C(=O)CCC3)cc1OC. The molecule has 1 heterocycles. The number of ether oxygens (including phenoxy) is 2. The van der Waals surface area contributed by atoms with E-state index in [-0.39, 0.29) is 11.8 Å². The first kappa shape index (κ1) is 16.5. The van der Waals surface area contributed by atoms with Gasteiger partial charge in [-0.1, -0.05) is 18.2 Å². The lowest BCUT2D eigenvalue weighted by Crippen LogP contribution is -2.23. The van der Waals surface area contributed by atoms with Crippen LogP contribution in [0.25, 0.3) is 0 Å². The lowest BCUT2D eigenvalue weighted by atomic mass is 9.86. The van der Waals surface area contributed by atoms with Crippen LogP contribution in [0.2, 0.25) is 0 Å². The number of para-hydroxylation sites is 2. The predicted molar refractivity (Wildman–Crippen MR) is 102 cm³/mol. The van der Waals surface area contributed by atoms with Gasteiger partial charge in [-0.05, 0) is 42.7 Å². The number of allylic oxidation sites excluding steroid dienone is 1. The third-order valence-corrected chi connectivity index (χ3v) is 5.00. The summed E-state index contributed by atoms with van der Waals surface area (Å²) >= 11 is 0. The minimum atomic E-state index is -0.228. The minimum Gasteiger partial charge on any atom is -0.493 e. The molecule has 5 heteroatoms. The van der Waals surface area contributed by atoms with Crippen molar-refractivity contribution in [2.24, 2.45) is 0 Å². The van der Waals surface area contributed by atoms with Crippen molar-refractivity contribution < 1.29 is 14.3 Å². The maximum atomic E-state index is 12.8. The summed E-state index contributed by atoms with van der Waals surface area (Å²) in [5, 5.41) is 7.04. The molecule has 0 aromatic heterocycles. The molecule has 0 bridgehead atoms. The van der Waals surface area contributed by atoms with Gasteiger partial charge in [0.15, 0.2) is 17.3 Å². The Labute approximate surface area is 153 Å². The number of carbonyl (C=O) groups excluding carboxylic acids is 1. The molecule has 2 aromatic carbocycles. The van der Waals surface area contributed by atoms with Crippen LogP contribution >= 0.6 is 0 Å². The highest BCUT2D eigenvalue weighted by Crippen LogP contribution is 2.42. The van der Waals surface area contributed by atoms with E-state index in [1.807, 2.05) is 42.5 Å². The van der Waals surface area contributed by atoms with Gasteiger partial charge in [-0.15, -0.1) is 0 Å². The highest BCUT2D eigenvalue weighted by Gasteiger charge is 2.32. The fourth-order valence-electron chi connectivity index (χ4n) is 3.72. The van der Waals surface area contributed by atoms with Crippen LogP contribution in [-0.4, -0.2) is 20.0 Å². The minimum absolute atomic E-state index is 0.193. The van der Waals surface area contributed by atoms with Crippen molar-refractivity contribution in [3.63, 3.8) is 0 Å². The first-order valence-electron chi connectivity index (χ1n) is 8.82. The van der Waals surface area contributed by atoms with Gasteiger partial charge in [-0.3, -0.25) is 4.79 Å². The van der Waals surface area contributed by atoms with Gasteiger partial charge in [0.1, 0.15) is 0 Å². The standard InChI is InChI=1S/C21H22N2O3/c1-25-18-11-10-13(12-19(18)26-2)21-20-16(8-5-9-17(20)24)22-14-6-3-4-7-15(14)23-21/h3-4,6-7,10-12,21-23H,5,8-9H2,1-2H3/t21-/m0/s1. The summed E-state index contributed by atoms with van der Waals surface area (Å²) in [4.78, 5) is 12.8. The summed E-state index contributed by atoms with van der Waals surface area (Å²) in [7, 11) is 3.24. The molecule has 26 heavy (non-hydrogen) atoms. The van der Waals surface area contributed by atoms with E-state index in [1.54, 1.807) is 14.2 Å². The molecular formula is C21H22N2O3. The van der Waals surface area contributed by atoms with Crippen molar-refractivity contribution in [3.8, 4) is 11.5 Å². The summed E-state index contributed by atoms with van der Waals surface area (Å²) in [6.07, 6.45) is 2.34. The fourth-order valence-corrected chi connectivity index (χ4v) is 3.72. The first-order chi connectivity index (χ1) is 12.7. The van der Waals surface area contributed by atoms with Crippen molar-refractivity contribution in [2.45, 2.75) is 25.3 Å². The number of nitrogens with one attached hydrogen (secondary N) is 2. The van der Waals surface area contributed by atoms with Crippen LogP contribution in [0.4, 0.5) is 11.4 Å².